The molecule has 3 N–H and O–H groups in total. The number of aryl methyl sites for hydroxylation is 1. The SMILES string of the molecule is Cc1nc(NC(=O)NC(C)C(C)CO)sc1-c1ccccc1. The second-order valence-corrected chi connectivity index (χ2v) is 6.35. The molecule has 2 amide bonds. The molecule has 2 aromatic rings. The number of aliphatic hydroxyl groups is 1. The van der Waals surface area contributed by atoms with Crippen LogP contribution in [0.5, 0.6) is 0 Å². The number of rotatable bonds is 5. The number of benzene rings is 1. The number of thiazole rings is 1. The number of nitrogens with zero attached hydrogens (tertiary/aromatic N) is 1. The van der Waals surface area contributed by atoms with Crippen molar-refractivity contribution in [2.75, 3.05) is 11.9 Å². The summed E-state index contributed by atoms with van der Waals surface area (Å²) in [6, 6.07) is 9.56. The van der Waals surface area contributed by atoms with Crippen LogP contribution in [-0.4, -0.2) is 28.8 Å². The van der Waals surface area contributed by atoms with Crippen LogP contribution < -0.4 is 10.6 Å². The lowest BCUT2D eigenvalue weighted by molar-refractivity contribution is 0.204. The smallest absolute Gasteiger partial charge is 0.321 e. The van der Waals surface area contributed by atoms with Crippen molar-refractivity contribution < 1.29 is 9.90 Å². The lowest BCUT2D eigenvalue weighted by Gasteiger charge is -2.18. The molecule has 118 valence electrons. The zero-order chi connectivity index (χ0) is 16.1. The highest BCUT2D eigenvalue weighted by atomic mass is 32.1. The van der Waals surface area contributed by atoms with Gasteiger partial charge in [0, 0.05) is 12.6 Å². The van der Waals surface area contributed by atoms with Crippen LogP contribution in [0.2, 0.25) is 0 Å². The molecule has 1 aromatic heterocycles. The number of anilines is 1. The molecule has 2 atom stereocenters. The van der Waals surface area contributed by atoms with E-state index in [9.17, 15) is 4.79 Å². The van der Waals surface area contributed by atoms with E-state index in [2.05, 4.69) is 15.6 Å². The van der Waals surface area contributed by atoms with Crippen LogP contribution in [0.3, 0.4) is 0 Å². The van der Waals surface area contributed by atoms with Crippen molar-refractivity contribution in [1.29, 1.82) is 0 Å². The van der Waals surface area contributed by atoms with Crippen molar-refractivity contribution in [3.8, 4) is 10.4 Å². The van der Waals surface area contributed by atoms with Crippen molar-refractivity contribution >= 4 is 22.5 Å². The van der Waals surface area contributed by atoms with Crippen molar-refractivity contribution in [1.82, 2.24) is 10.3 Å². The van der Waals surface area contributed by atoms with E-state index >= 15 is 0 Å². The number of carbonyl (C=O) groups excluding carboxylic acids is 1. The number of hydrogen-bond donors (Lipinski definition) is 3. The maximum Gasteiger partial charge on any atom is 0.321 e. The number of aromatic nitrogens is 1. The van der Waals surface area contributed by atoms with Crippen LogP contribution in [0.25, 0.3) is 10.4 Å². The summed E-state index contributed by atoms with van der Waals surface area (Å²) in [6.07, 6.45) is 0. The van der Waals surface area contributed by atoms with Crippen molar-refractivity contribution in [3.05, 3.63) is 36.0 Å². The topological polar surface area (TPSA) is 74.2 Å². The Hall–Kier alpha value is -1.92. The van der Waals surface area contributed by atoms with Gasteiger partial charge in [-0.05, 0) is 25.3 Å². The van der Waals surface area contributed by atoms with Crippen molar-refractivity contribution in [2.24, 2.45) is 5.92 Å². The second-order valence-electron chi connectivity index (χ2n) is 5.35. The molecule has 0 bridgehead atoms. The third-order valence-corrected chi connectivity index (χ3v) is 4.68. The molecule has 0 saturated heterocycles. The Balaban J connectivity index is 2.04. The molecular weight excluding hydrogens is 298 g/mol. The lowest BCUT2D eigenvalue weighted by atomic mass is 10.1. The highest BCUT2D eigenvalue weighted by molar-refractivity contribution is 7.19. The maximum absolute atomic E-state index is 12.0. The Kier molecular flexibility index (Phi) is 5.51. The first-order valence-electron chi connectivity index (χ1n) is 7.22. The summed E-state index contributed by atoms with van der Waals surface area (Å²) in [5.74, 6) is 0.00339. The van der Waals surface area contributed by atoms with Crippen LogP contribution in [0, 0.1) is 12.8 Å². The molecule has 0 saturated carbocycles. The molecule has 0 spiro atoms. The molecule has 22 heavy (non-hydrogen) atoms. The van der Waals surface area contributed by atoms with Crippen molar-refractivity contribution in [2.45, 2.75) is 26.8 Å². The summed E-state index contributed by atoms with van der Waals surface area (Å²) < 4.78 is 0. The molecule has 0 aliphatic heterocycles. The fraction of sp³-hybridized carbons (Fsp3) is 0.375. The number of nitrogens with one attached hydrogen (secondary N) is 2. The quantitative estimate of drug-likeness (QED) is 0.792. The van der Waals surface area contributed by atoms with Gasteiger partial charge in [-0.1, -0.05) is 48.6 Å². The highest BCUT2D eigenvalue weighted by Crippen LogP contribution is 2.32. The van der Waals surface area contributed by atoms with Gasteiger partial charge in [0.1, 0.15) is 0 Å². The third-order valence-electron chi connectivity index (χ3n) is 3.55. The standard InChI is InChI=1S/C16H21N3O2S/c1-10(9-20)11(2)17-15(21)19-16-18-12(3)14(22-16)13-7-5-4-6-8-13/h4-8,10-11,20H,9H2,1-3H3,(H2,17,18,19,21). The van der Waals surface area contributed by atoms with Crippen LogP contribution in [-0.2, 0) is 0 Å². The van der Waals surface area contributed by atoms with Gasteiger partial charge in [0.25, 0.3) is 0 Å². The molecule has 1 aromatic carbocycles. The van der Waals surface area contributed by atoms with Gasteiger partial charge in [-0.3, -0.25) is 5.32 Å². The first-order valence-corrected chi connectivity index (χ1v) is 8.04. The lowest BCUT2D eigenvalue weighted by Crippen LogP contribution is -2.40. The van der Waals surface area contributed by atoms with Crippen LogP contribution >= 0.6 is 11.3 Å². The van der Waals surface area contributed by atoms with E-state index in [4.69, 9.17) is 5.11 Å². The first kappa shape index (κ1) is 16.5. The second kappa shape index (κ2) is 7.38. The molecule has 1 heterocycles. The Labute approximate surface area is 134 Å². The van der Waals surface area contributed by atoms with Crippen molar-refractivity contribution in [3.63, 3.8) is 0 Å². The number of urea groups is 1. The maximum atomic E-state index is 12.0. The minimum absolute atomic E-state index is 0.00339. The van der Waals surface area contributed by atoms with E-state index in [1.54, 1.807) is 0 Å². The van der Waals surface area contributed by atoms with E-state index in [0.29, 0.717) is 5.13 Å². The Morgan fingerprint density at radius 1 is 1.32 bits per heavy atom. The van der Waals surface area contributed by atoms with E-state index in [1.807, 2.05) is 51.1 Å². The molecule has 0 fully saturated rings. The number of hydrogen-bond acceptors (Lipinski definition) is 4. The average Bonchev–Trinajstić information content (AvgIpc) is 2.87. The summed E-state index contributed by atoms with van der Waals surface area (Å²) in [7, 11) is 0. The molecule has 6 heteroatoms. The summed E-state index contributed by atoms with van der Waals surface area (Å²) in [4.78, 5) is 17.4. The van der Waals surface area contributed by atoms with E-state index in [0.717, 1.165) is 16.1 Å². The third kappa shape index (κ3) is 4.05. The largest absolute Gasteiger partial charge is 0.396 e. The van der Waals surface area contributed by atoms with Gasteiger partial charge in [0.05, 0.1) is 10.6 Å². The summed E-state index contributed by atoms with van der Waals surface area (Å²) in [6.45, 7) is 5.71. The molecule has 5 nitrogen and oxygen atoms in total. The molecule has 2 unspecified atom stereocenters. The van der Waals surface area contributed by atoms with Gasteiger partial charge in [0.15, 0.2) is 5.13 Å². The minimum Gasteiger partial charge on any atom is -0.396 e. The van der Waals surface area contributed by atoms with Gasteiger partial charge in [-0.2, -0.15) is 0 Å². The molecule has 0 aliphatic rings. The molecule has 0 aliphatic carbocycles. The van der Waals surface area contributed by atoms with E-state index in [1.165, 1.54) is 11.3 Å². The summed E-state index contributed by atoms with van der Waals surface area (Å²) >= 11 is 1.45. The first-order chi connectivity index (χ1) is 10.5. The highest BCUT2D eigenvalue weighted by Gasteiger charge is 2.16. The molecule has 2 rings (SSSR count). The number of carbonyl (C=O) groups is 1. The zero-order valence-electron chi connectivity index (χ0n) is 13.0. The van der Waals surface area contributed by atoms with Crippen LogP contribution in [0.15, 0.2) is 30.3 Å². The number of aliphatic hydroxyl groups excluding tert-OH is 1. The van der Waals surface area contributed by atoms with Gasteiger partial charge in [-0.25, -0.2) is 9.78 Å². The van der Waals surface area contributed by atoms with Gasteiger partial charge >= 0.3 is 6.03 Å². The van der Waals surface area contributed by atoms with E-state index in [-0.39, 0.29) is 24.6 Å². The Bertz CT molecular complexity index is 628. The van der Waals surface area contributed by atoms with Gasteiger partial charge in [-0.15, -0.1) is 0 Å². The fourth-order valence-corrected chi connectivity index (χ4v) is 2.91. The summed E-state index contributed by atoms with van der Waals surface area (Å²) in [5.41, 5.74) is 1.98. The number of amides is 2. The predicted octanol–water partition coefficient (Wildman–Crippen LogP) is 3.26. The average molecular weight is 319 g/mol. The van der Waals surface area contributed by atoms with Crippen LogP contribution in [0.4, 0.5) is 9.93 Å². The monoisotopic (exact) mass is 319 g/mol. The normalized spacial score (nSPS) is 13.5. The van der Waals surface area contributed by atoms with Gasteiger partial charge < -0.3 is 10.4 Å². The Morgan fingerprint density at radius 3 is 2.64 bits per heavy atom. The van der Waals surface area contributed by atoms with Gasteiger partial charge in [0.2, 0.25) is 0 Å². The fourth-order valence-electron chi connectivity index (χ4n) is 1.95. The molecule has 0 radical (unpaired) electrons. The zero-order valence-corrected chi connectivity index (χ0v) is 13.8. The molecular formula is C16H21N3O2S. The predicted molar refractivity (Wildman–Crippen MR) is 90.2 cm³/mol. The van der Waals surface area contributed by atoms with Crippen LogP contribution in [0.1, 0.15) is 19.5 Å². The Morgan fingerprint density at radius 2 is 2.00 bits per heavy atom. The summed E-state index contributed by atoms with van der Waals surface area (Å²) in [5, 5.41) is 15.2. The minimum atomic E-state index is -0.304. The van der Waals surface area contributed by atoms with E-state index < -0.39 is 0 Å².